The molecule has 25 heavy (non-hydrogen) atoms. The number of oxazole rings is 1. The van der Waals surface area contributed by atoms with Crippen molar-refractivity contribution >= 4 is 23.2 Å². The van der Waals surface area contributed by atoms with Crippen LogP contribution in [-0.4, -0.2) is 48.5 Å². The number of carbonyl (C=O) groups excluding carboxylic acids is 1. The van der Waals surface area contributed by atoms with Gasteiger partial charge in [-0.3, -0.25) is 9.69 Å². The van der Waals surface area contributed by atoms with E-state index in [1.807, 2.05) is 24.3 Å². The molecule has 1 aromatic carbocycles. The molecule has 0 saturated carbocycles. The highest BCUT2D eigenvalue weighted by atomic mass is 35.5. The molecule has 132 valence electrons. The van der Waals surface area contributed by atoms with Gasteiger partial charge >= 0.3 is 0 Å². The fourth-order valence-corrected chi connectivity index (χ4v) is 3.04. The molecular formula is C18H21ClN4O2. The van der Waals surface area contributed by atoms with E-state index in [4.69, 9.17) is 16.0 Å². The summed E-state index contributed by atoms with van der Waals surface area (Å²) in [5.74, 6) is 0.299. The predicted molar refractivity (Wildman–Crippen MR) is 98.0 cm³/mol. The van der Waals surface area contributed by atoms with Gasteiger partial charge in [0.05, 0.1) is 17.3 Å². The molecule has 1 aliphatic rings. The summed E-state index contributed by atoms with van der Waals surface area (Å²) in [5.41, 5.74) is 1.37. The van der Waals surface area contributed by atoms with Crippen LogP contribution in [0.1, 0.15) is 16.4 Å². The Bertz CT molecular complexity index is 738. The smallest absolute Gasteiger partial charge is 0.273 e. The Balaban J connectivity index is 1.53. The predicted octanol–water partition coefficient (Wildman–Crippen LogP) is 2.57. The van der Waals surface area contributed by atoms with Crippen LogP contribution in [0.3, 0.4) is 0 Å². The average Bonchev–Trinajstić information content (AvgIpc) is 3.09. The maximum atomic E-state index is 11.8. The van der Waals surface area contributed by atoms with Crippen molar-refractivity contribution in [1.82, 2.24) is 15.2 Å². The molecule has 1 saturated heterocycles. The number of nitrogens with one attached hydrogen (secondary N) is 1. The van der Waals surface area contributed by atoms with Crippen LogP contribution in [0.4, 0.5) is 5.69 Å². The van der Waals surface area contributed by atoms with E-state index in [1.165, 1.54) is 6.26 Å². The minimum atomic E-state index is -0.251. The summed E-state index contributed by atoms with van der Waals surface area (Å²) in [4.78, 5) is 20.6. The highest BCUT2D eigenvalue weighted by Crippen LogP contribution is 2.26. The van der Waals surface area contributed by atoms with E-state index < -0.39 is 0 Å². The van der Waals surface area contributed by atoms with Crippen LogP contribution in [0.2, 0.25) is 5.02 Å². The second-order valence-corrected chi connectivity index (χ2v) is 6.25. The second-order valence-electron chi connectivity index (χ2n) is 5.84. The van der Waals surface area contributed by atoms with Crippen LogP contribution < -0.4 is 10.2 Å². The molecule has 3 rings (SSSR count). The van der Waals surface area contributed by atoms with Gasteiger partial charge < -0.3 is 14.6 Å². The summed E-state index contributed by atoms with van der Waals surface area (Å²) in [7, 11) is 0. The fourth-order valence-electron chi connectivity index (χ4n) is 2.79. The first kappa shape index (κ1) is 17.5. The molecule has 0 radical (unpaired) electrons. The molecule has 2 aromatic rings. The highest BCUT2D eigenvalue weighted by molar-refractivity contribution is 6.33. The quantitative estimate of drug-likeness (QED) is 0.802. The highest BCUT2D eigenvalue weighted by Gasteiger charge is 2.21. The Hall–Kier alpha value is -2.31. The zero-order valence-electron chi connectivity index (χ0n) is 13.9. The van der Waals surface area contributed by atoms with Gasteiger partial charge in [0, 0.05) is 32.7 Å². The third kappa shape index (κ3) is 4.41. The second kappa shape index (κ2) is 8.18. The van der Waals surface area contributed by atoms with E-state index in [-0.39, 0.29) is 5.91 Å². The molecule has 2 heterocycles. The number of hydrogen-bond acceptors (Lipinski definition) is 5. The number of aromatic nitrogens is 1. The van der Waals surface area contributed by atoms with E-state index in [2.05, 4.69) is 26.7 Å². The van der Waals surface area contributed by atoms with Crippen molar-refractivity contribution in [2.45, 2.75) is 6.54 Å². The topological polar surface area (TPSA) is 61.6 Å². The van der Waals surface area contributed by atoms with Gasteiger partial charge in [-0.05, 0) is 12.1 Å². The van der Waals surface area contributed by atoms with Crippen LogP contribution in [-0.2, 0) is 6.54 Å². The van der Waals surface area contributed by atoms with E-state index in [9.17, 15) is 4.79 Å². The Morgan fingerprint density at radius 1 is 1.32 bits per heavy atom. The summed E-state index contributed by atoms with van der Waals surface area (Å²) in [6.45, 7) is 8.09. The molecule has 1 aromatic heterocycles. The van der Waals surface area contributed by atoms with Gasteiger partial charge in [0.1, 0.15) is 6.26 Å². The third-order valence-electron chi connectivity index (χ3n) is 4.12. The lowest BCUT2D eigenvalue weighted by Crippen LogP contribution is -2.46. The largest absolute Gasteiger partial charge is 0.447 e. The van der Waals surface area contributed by atoms with Gasteiger partial charge in [-0.1, -0.05) is 29.8 Å². The van der Waals surface area contributed by atoms with Crippen LogP contribution in [0.15, 0.2) is 47.6 Å². The first-order chi connectivity index (χ1) is 12.2. The molecule has 1 amide bonds. The Labute approximate surface area is 152 Å². The third-order valence-corrected chi connectivity index (χ3v) is 4.44. The molecule has 6 nitrogen and oxygen atoms in total. The van der Waals surface area contributed by atoms with Gasteiger partial charge in [-0.25, -0.2) is 4.98 Å². The van der Waals surface area contributed by atoms with Crippen molar-refractivity contribution < 1.29 is 9.21 Å². The number of halogens is 1. The summed E-state index contributed by atoms with van der Waals surface area (Å²) < 4.78 is 5.42. The van der Waals surface area contributed by atoms with Crippen LogP contribution >= 0.6 is 11.6 Å². The van der Waals surface area contributed by atoms with Crippen LogP contribution in [0, 0.1) is 0 Å². The van der Waals surface area contributed by atoms with Gasteiger partial charge in [0.2, 0.25) is 5.89 Å². The summed E-state index contributed by atoms with van der Waals surface area (Å²) in [6, 6.07) is 7.89. The van der Waals surface area contributed by atoms with Gasteiger partial charge in [-0.15, -0.1) is 6.58 Å². The Morgan fingerprint density at radius 2 is 2.08 bits per heavy atom. The van der Waals surface area contributed by atoms with Crippen molar-refractivity contribution in [2.75, 3.05) is 37.6 Å². The lowest BCUT2D eigenvalue weighted by Gasteiger charge is -2.35. The van der Waals surface area contributed by atoms with E-state index >= 15 is 0 Å². The molecule has 7 heteroatoms. The van der Waals surface area contributed by atoms with Crippen molar-refractivity contribution in [3.05, 3.63) is 59.8 Å². The van der Waals surface area contributed by atoms with Crippen molar-refractivity contribution in [3.63, 3.8) is 0 Å². The van der Waals surface area contributed by atoms with Crippen molar-refractivity contribution in [2.24, 2.45) is 0 Å². The fraction of sp³-hybridized carbons (Fsp3) is 0.333. The van der Waals surface area contributed by atoms with E-state index in [0.717, 1.165) is 36.9 Å². The number of amides is 1. The summed E-state index contributed by atoms with van der Waals surface area (Å²) >= 11 is 6.27. The zero-order valence-corrected chi connectivity index (χ0v) is 14.7. The first-order valence-corrected chi connectivity index (χ1v) is 8.60. The number of hydrogen-bond donors (Lipinski definition) is 1. The number of carbonyl (C=O) groups is 1. The maximum absolute atomic E-state index is 11.8. The SMILES string of the molecule is C=CCNC(=O)c1coc(CN2CCN(c3ccccc3Cl)CC2)n1. The van der Waals surface area contributed by atoms with Crippen molar-refractivity contribution in [3.8, 4) is 0 Å². The number of para-hydroxylation sites is 1. The monoisotopic (exact) mass is 360 g/mol. The standard InChI is InChI=1S/C18H21ClN4O2/c1-2-7-20-18(24)15-13-25-17(21-15)12-22-8-10-23(11-9-22)16-6-4-3-5-14(16)19/h2-6,13H,1,7-12H2,(H,20,24). The molecule has 0 atom stereocenters. The molecule has 1 aliphatic heterocycles. The maximum Gasteiger partial charge on any atom is 0.273 e. The molecule has 1 fully saturated rings. The van der Waals surface area contributed by atoms with Crippen molar-refractivity contribution in [1.29, 1.82) is 0 Å². The molecule has 0 spiro atoms. The number of nitrogens with zero attached hydrogens (tertiary/aromatic N) is 3. The van der Waals surface area contributed by atoms with Gasteiger partial charge in [-0.2, -0.15) is 0 Å². The lowest BCUT2D eigenvalue weighted by atomic mass is 10.2. The average molecular weight is 361 g/mol. The Morgan fingerprint density at radius 3 is 2.80 bits per heavy atom. The number of benzene rings is 1. The lowest BCUT2D eigenvalue weighted by molar-refractivity contribution is 0.0953. The molecule has 0 aliphatic carbocycles. The van der Waals surface area contributed by atoms with Crippen LogP contribution in [0.25, 0.3) is 0 Å². The molecule has 0 bridgehead atoms. The number of piperazine rings is 1. The minimum absolute atomic E-state index is 0.251. The van der Waals surface area contributed by atoms with Crippen LogP contribution in [0.5, 0.6) is 0 Å². The normalized spacial score (nSPS) is 15.2. The zero-order chi connectivity index (χ0) is 17.6. The minimum Gasteiger partial charge on any atom is -0.447 e. The van der Waals surface area contributed by atoms with Gasteiger partial charge in [0.15, 0.2) is 5.69 Å². The number of anilines is 1. The van der Waals surface area contributed by atoms with E-state index in [0.29, 0.717) is 24.7 Å². The summed E-state index contributed by atoms with van der Waals surface area (Å²) in [6.07, 6.45) is 3.02. The molecular weight excluding hydrogens is 340 g/mol. The van der Waals surface area contributed by atoms with Gasteiger partial charge in [0.25, 0.3) is 5.91 Å². The first-order valence-electron chi connectivity index (χ1n) is 8.22. The number of rotatable bonds is 6. The summed E-state index contributed by atoms with van der Waals surface area (Å²) in [5, 5.41) is 3.46. The molecule has 0 unspecified atom stereocenters. The van der Waals surface area contributed by atoms with E-state index in [1.54, 1.807) is 6.08 Å². The molecule has 1 N–H and O–H groups in total. The Kier molecular flexibility index (Phi) is 5.73.